The summed E-state index contributed by atoms with van der Waals surface area (Å²) in [6.07, 6.45) is 15.2. The van der Waals surface area contributed by atoms with Crippen LogP contribution in [0.2, 0.25) is 0 Å². The van der Waals surface area contributed by atoms with Crippen molar-refractivity contribution in [2.24, 2.45) is 0 Å². The lowest BCUT2D eigenvalue weighted by molar-refractivity contribution is 0.164. The minimum absolute atomic E-state index is 0.337. The molecule has 1 rings (SSSR count). The molecule has 0 bridgehead atoms. The summed E-state index contributed by atoms with van der Waals surface area (Å²) >= 11 is 0. The first-order valence-corrected chi connectivity index (χ1v) is 8.66. The summed E-state index contributed by atoms with van der Waals surface area (Å²) in [5, 5.41) is 9.56. The topological polar surface area (TPSA) is 42.2 Å². The van der Waals surface area contributed by atoms with Gasteiger partial charge < -0.3 is 5.21 Å². The third kappa shape index (κ3) is 7.93. The van der Waals surface area contributed by atoms with E-state index in [0.717, 1.165) is 23.3 Å². The fourth-order valence-corrected chi connectivity index (χ4v) is 2.68. The van der Waals surface area contributed by atoms with Crippen LogP contribution in [0.3, 0.4) is 0 Å². The summed E-state index contributed by atoms with van der Waals surface area (Å²) in [4.78, 5) is 11.3. The van der Waals surface area contributed by atoms with Crippen LogP contribution in [0.15, 0.2) is 23.0 Å². The van der Waals surface area contributed by atoms with E-state index in [1.165, 1.54) is 70.3 Å². The predicted octanol–water partition coefficient (Wildman–Crippen LogP) is 4.94. The highest BCUT2D eigenvalue weighted by molar-refractivity contribution is 5.05. The number of unbranched alkanes of at least 4 members (excludes halogenated alkanes) is 10. The average Bonchev–Trinajstić information content (AvgIpc) is 2.49. The number of rotatable bonds is 12. The van der Waals surface area contributed by atoms with Crippen molar-refractivity contribution >= 4 is 0 Å². The lowest BCUT2D eigenvalue weighted by Gasteiger charge is -2.05. The summed E-state index contributed by atoms with van der Waals surface area (Å²) in [6, 6.07) is 4.91. The van der Waals surface area contributed by atoms with E-state index < -0.39 is 0 Å². The van der Waals surface area contributed by atoms with Crippen LogP contribution in [0.1, 0.15) is 83.2 Å². The van der Waals surface area contributed by atoms with Crippen LogP contribution >= 0.6 is 0 Å². The van der Waals surface area contributed by atoms with Crippen molar-refractivity contribution in [2.45, 2.75) is 84.0 Å². The molecule has 3 heteroatoms. The Bertz CT molecular complexity index is 425. The molecule has 0 aliphatic carbocycles. The molecule has 0 saturated carbocycles. The van der Waals surface area contributed by atoms with Gasteiger partial charge in [0.2, 0.25) is 0 Å². The minimum Gasteiger partial charge on any atom is -0.425 e. The van der Waals surface area contributed by atoms with E-state index in [1.807, 2.05) is 6.07 Å². The second-order valence-electron chi connectivity index (χ2n) is 5.95. The molecule has 0 saturated heterocycles. The number of pyridine rings is 1. The Balaban J connectivity index is 1.95. The SMILES string of the molecule is CCCCCCCCCCCCCc1cccc(=O)n1O. The van der Waals surface area contributed by atoms with Crippen molar-refractivity contribution in [2.75, 3.05) is 0 Å². The van der Waals surface area contributed by atoms with Crippen LogP contribution < -0.4 is 5.56 Å². The zero-order valence-electron chi connectivity index (χ0n) is 13.5. The molecule has 0 unspecified atom stereocenters. The highest BCUT2D eigenvalue weighted by atomic mass is 16.5. The smallest absolute Gasteiger partial charge is 0.283 e. The Morgan fingerprint density at radius 1 is 0.857 bits per heavy atom. The van der Waals surface area contributed by atoms with Crippen molar-refractivity contribution in [3.8, 4) is 0 Å². The Hall–Kier alpha value is -1.25. The van der Waals surface area contributed by atoms with E-state index >= 15 is 0 Å². The van der Waals surface area contributed by atoms with Gasteiger partial charge in [-0.05, 0) is 18.9 Å². The normalized spacial score (nSPS) is 10.9. The lowest BCUT2D eigenvalue weighted by Crippen LogP contribution is -2.19. The standard InChI is InChI=1S/C18H31NO2/c1-2-3-4-5-6-7-8-9-10-11-12-14-17-15-13-16-18(20)19(17)21/h13,15-16,21H,2-12,14H2,1H3. The second-order valence-corrected chi connectivity index (χ2v) is 5.95. The quantitative estimate of drug-likeness (QED) is 0.438. The minimum atomic E-state index is -0.337. The van der Waals surface area contributed by atoms with E-state index in [0.29, 0.717) is 0 Å². The number of nitrogens with zero attached hydrogens (tertiary/aromatic N) is 1. The van der Waals surface area contributed by atoms with Gasteiger partial charge in [-0.3, -0.25) is 4.79 Å². The maximum Gasteiger partial charge on any atom is 0.283 e. The lowest BCUT2D eigenvalue weighted by atomic mass is 10.0. The van der Waals surface area contributed by atoms with Gasteiger partial charge in [-0.2, -0.15) is 4.73 Å². The highest BCUT2D eigenvalue weighted by Gasteiger charge is 2.01. The summed E-state index contributed by atoms with van der Waals surface area (Å²) in [7, 11) is 0. The van der Waals surface area contributed by atoms with Crippen LogP contribution in [-0.4, -0.2) is 9.94 Å². The number of aryl methyl sites for hydroxylation is 1. The molecule has 0 aromatic carbocycles. The fourth-order valence-electron chi connectivity index (χ4n) is 2.68. The molecule has 0 aliphatic rings. The summed E-state index contributed by atoms with van der Waals surface area (Å²) < 4.78 is 0.774. The van der Waals surface area contributed by atoms with Gasteiger partial charge in [0.15, 0.2) is 0 Å². The van der Waals surface area contributed by atoms with Gasteiger partial charge >= 0.3 is 0 Å². The van der Waals surface area contributed by atoms with Crippen LogP contribution in [0.5, 0.6) is 0 Å². The van der Waals surface area contributed by atoms with Crippen LogP contribution in [0, 0.1) is 0 Å². The van der Waals surface area contributed by atoms with Gasteiger partial charge in [0.25, 0.3) is 5.56 Å². The van der Waals surface area contributed by atoms with Crippen LogP contribution in [-0.2, 0) is 6.42 Å². The van der Waals surface area contributed by atoms with Gasteiger partial charge in [0, 0.05) is 6.07 Å². The average molecular weight is 293 g/mol. The molecule has 21 heavy (non-hydrogen) atoms. The number of aromatic nitrogens is 1. The van der Waals surface area contributed by atoms with Gasteiger partial charge in [0.05, 0.1) is 5.69 Å². The van der Waals surface area contributed by atoms with Gasteiger partial charge in [-0.15, -0.1) is 0 Å². The molecule has 0 radical (unpaired) electrons. The Morgan fingerprint density at radius 3 is 1.95 bits per heavy atom. The maximum absolute atomic E-state index is 11.3. The maximum atomic E-state index is 11.3. The van der Waals surface area contributed by atoms with Crippen molar-refractivity contribution in [3.05, 3.63) is 34.2 Å². The van der Waals surface area contributed by atoms with Crippen molar-refractivity contribution in [3.63, 3.8) is 0 Å². The third-order valence-corrected chi connectivity index (χ3v) is 4.04. The molecular weight excluding hydrogens is 262 g/mol. The molecule has 3 nitrogen and oxygen atoms in total. The first-order chi connectivity index (χ1) is 10.3. The number of hydrogen-bond donors (Lipinski definition) is 1. The highest BCUT2D eigenvalue weighted by Crippen LogP contribution is 2.12. The molecule has 0 fully saturated rings. The zero-order valence-corrected chi connectivity index (χ0v) is 13.5. The molecule has 1 heterocycles. The van der Waals surface area contributed by atoms with Gasteiger partial charge in [-0.25, -0.2) is 0 Å². The largest absolute Gasteiger partial charge is 0.425 e. The molecule has 1 aromatic rings. The van der Waals surface area contributed by atoms with E-state index in [1.54, 1.807) is 6.07 Å². The third-order valence-electron chi connectivity index (χ3n) is 4.04. The molecular formula is C18H31NO2. The second kappa shape index (κ2) is 11.4. The molecule has 0 aliphatic heterocycles. The summed E-state index contributed by atoms with van der Waals surface area (Å²) in [5.41, 5.74) is 0.383. The fraction of sp³-hybridized carbons (Fsp3) is 0.722. The molecule has 0 spiro atoms. The van der Waals surface area contributed by atoms with E-state index in [-0.39, 0.29) is 5.56 Å². The Kier molecular flexibility index (Phi) is 9.68. The molecule has 1 aromatic heterocycles. The number of hydrogen-bond acceptors (Lipinski definition) is 2. The first kappa shape index (κ1) is 17.8. The molecule has 0 atom stereocenters. The van der Waals surface area contributed by atoms with Crippen molar-refractivity contribution < 1.29 is 5.21 Å². The van der Waals surface area contributed by atoms with E-state index in [2.05, 4.69) is 6.92 Å². The van der Waals surface area contributed by atoms with E-state index in [4.69, 9.17) is 0 Å². The Labute approximate surface area is 129 Å². The first-order valence-electron chi connectivity index (χ1n) is 8.66. The van der Waals surface area contributed by atoms with Gasteiger partial charge in [-0.1, -0.05) is 77.2 Å². The van der Waals surface area contributed by atoms with Crippen LogP contribution in [0.4, 0.5) is 0 Å². The summed E-state index contributed by atoms with van der Waals surface area (Å²) in [6.45, 7) is 2.26. The molecule has 0 amide bonds. The zero-order chi connectivity index (χ0) is 15.3. The van der Waals surface area contributed by atoms with Crippen LogP contribution in [0.25, 0.3) is 0 Å². The molecule has 1 N–H and O–H groups in total. The van der Waals surface area contributed by atoms with Crippen molar-refractivity contribution in [1.82, 2.24) is 4.73 Å². The molecule has 120 valence electrons. The Morgan fingerprint density at radius 2 is 1.38 bits per heavy atom. The monoisotopic (exact) mass is 293 g/mol. The summed E-state index contributed by atoms with van der Waals surface area (Å²) in [5.74, 6) is 0. The van der Waals surface area contributed by atoms with Crippen molar-refractivity contribution in [1.29, 1.82) is 0 Å². The van der Waals surface area contributed by atoms with E-state index in [9.17, 15) is 10.0 Å². The predicted molar refractivity (Wildman–Crippen MR) is 88.1 cm³/mol. The van der Waals surface area contributed by atoms with Gasteiger partial charge in [0.1, 0.15) is 0 Å².